The summed E-state index contributed by atoms with van der Waals surface area (Å²) in [5.41, 5.74) is 0.559. The molecule has 0 N–H and O–H groups in total. The molecule has 2 rings (SSSR count). The molecule has 0 aliphatic rings. The first-order valence-corrected chi connectivity index (χ1v) is 7.07. The molecule has 3 nitrogen and oxygen atoms in total. The van der Waals surface area contributed by atoms with Gasteiger partial charge in [0.05, 0.1) is 17.2 Å². The number of ether oxygens (including phenoxy) is 2. The van der Waals surface area contributed by atoms with Crippen LogP contribution in [0.5, 0.6) is 11.5 Å². The van der Waals surface area contributed by atoms with Crippen molar-refractivity contribution in [1.82, 2.24) is 0 Å². The van der Waals surface area contributed by atoms with Gasteiger partial charge in [-0.15, -0.1) is 0 Å². The van der Waals surface area contributed by atoms with Crippen molar-refractivity contribution in [3.8, 4) is 11.5 Å². The fourth-order valence-corrected chi connectivity index (χ4v) is 2.09. The maximum absolute atomic E-state index is 12.3. The molecule has 0 spiro atoms. The minimum Gasteiger partial charge on any atom is -0.497 e. The lowest BCUT2D eigenvalue weighted by Gasteiger charge is -2.14. The van der Waals surface area contributed by atoms with E-state index in [9.17, 15) is 4.79 Å². The minimum absolute atomic E-state index is 0.122. The Kier molecular flexibility index (Phi) is 5.10. The van der Waals surface area contributed by atoms with Gasteiger partial charge in [-0.1, -0.05) is 23.2 Å². The third-order valence-corrected chi connectivity index (χ3v) is 3.69. The highest BCUT2D eigenvalue weighted by atomic mass is 35.5. The van der Waals surface area contributed by atoms with Gasteiger partial charge in [-0.2, -0.15) is 0 Å². The van der Waals surface area contributed by atoms with Crippen molar-refractivity contribution < 1.29 is 14.3 Å². The number of ketones is 1. The van der Waals surface area contributed by atoms with Crippen molar-refractivity contribution in [1.29, 1.82) is 0 Å². The maximum Gasteiger partial charge on any atom is 0.202 e. The number of halogens is 2. The van der Waals surface area contributed by atoms with Gasteiger partial charge in [0.1, 0.15) is 11.5 Å². The second kappa shape index (κ2) is 6.83. The molecule has 0 bridgehead atoms. The Morgan fingerprint density at radius 3 is 2.19 bits per heavy atom. The summed E-state index contributed by atoms with van der Waals surface area (Å²) < 4.78 is 10.7. The number of hydrogen-bond acceptors (Lipinski definition) is 3. The summed E-state index contributed by atoms with van der Waals surface area (Å²) in [5, 5.41) is 0.830. The molecule has 0 radical (unpaired) electrons. The van der Waals surface area contributed by atoms with E-state index in [-0.39, 0.29) is 5.78 Å². The molecule has 21 heavy (non-hydrogen) atoms. The fourth-order valence-electron chi connectivity index (χ4n) is 1.80. The molecule has 5 heteroatoms. The number of carbonyl (C=O) groups excluding carboxylic acids is 1. The van der Waals surface area contributed by atoms with Gasteiger partial charge in [-0.05, 0) is 43.3 Å². The van der Waals surface area contributed by atoms with Crippen LogP contribution in [0.15, 0.2) is 42.5 Å². The second-order valence-corrected chi connectivity index (χ2v) is 5.24. The van der Waals surface area contributed by atoms with Crippen molar-refractivity contribution in [2.24, 2.45) is 0 Å². The van der Waals surface area contributed by atoms with Crippen LogP contribution in [0.2, 0.25) is 10.0 Å². The third kappa shape index (κ3) is 3.90. The normalized spacial score (nSPS) is 11.8. The highest BCUT2D eigenvalue weighted by molar-refractivity contribution is 6.42. The predicted molar refractivity (Wildman–Crippen MR) is 83.9 cm³/mol. The Morgan fingerprint density at radius 2 is 1.62 bits per heavy atom. The topological polar surface area (TPSA) is 35.5 Å². The van der Waals surface area contributed by atoms with E-state index in [1.54, 1.807) is 56.5 Å². The van der Waals surface area contributed by atoms with E-state index in [0.29, 0.717) is 27.1 Å². The summed E-state index contributed by atoms with van der Waals surface area (Å²) in [6.07, 6.45) is -0.629. The van der Waals surface area contributed by atoms with E-state index < -0.39 is 6.10 Å². The summed E-state index contributed by atoms with van der Waals surface area (Å²) in [7, 11) is 1.58. The highest BCUT2D eigenvalue weighted by Crippen LogP contribution is 2.27. The SMILES string of the molecule is COc1ccc(C(=O)C(C)Oc2ccc(Cl)c(Cl)c2)cc1. The molecule has 2 aromatic carbocycles. The Balaban J connectivity index is 2.09. The van der Waals surface area contributed by atoms with Gasteiger partial charge in [0, 0.05) is 11.6 Å². The Morgan fingerprint density at radius 1 is 1.00 bits per heavy atom. The van der Waals surface area contributed by atoms with Gasteiger partial charge in [0.2, 0.25) is 5.78 Å². The maximum atomic E-state index is 12.3. The van der Waals surface area contributed by atoms with Crippen LogP contribution in [0.3, 0.4) is 0 Å². The lowest BCUT2D eigenvalue weighted by atomic mass is 10.1. The van der Waals surface area contributed by atoms with E-state index >= 15 is 0 Å². The molecule has 1 atom stereocenters. The van der Waals surface area contributed by atoms with Crippen molar-refractivity contribution in [3.05, 3.63) is 58.1 Å². The molecular weight excluding hydrogens is 311 g/mol. The lowest BCUT2D eigenvalue weighted by Crippen LogP contribution is -2.23. The lowest BCUT2D eigenvalue weighted by molar-refractivity contribution is 0.0818. The fraction of sp³-hybridized carbons (Fsp3) is 0.188. The standard InChI is InChI=1S/C16H14Cl2O3/c1-10(21-13-7-8-14(17)15(18)9-13)16(19)11-3-5-12(20-2)6-4-11/h3-10H,1-2H3. The average Bonchev–Trinajstić information content (AvgIpc) is 2.50. The van der Waals surface area contributed by atoms with Crippen LogP contribution in [0.25, 0.3) is 0 Å². The Labute approximate surface area is 133 Å². The molecule has 0 amide bonds. The zero-order chi connectivity index (χ0) is 15.4. The first-order chi connectivity index (χ1) is 10.0. The summed E-state index contributed by atoms with van der Waals surface area (Å²) in [5.74, 6) is 1.08. The number of carbonyl (C=O) groups is 1. The van der Waals surface area contributed by atoms with Crippen molar-refractivity contribution >= 4 is 29.0 Å². The number of benzene rings is 2. The zero-order valence-corrected chi connectivity index (χ0v) is 13.1. The summed E-state index contributed by atoms with van der Waals surface area (Å²) in [6, 6.07) is 11.8. The molecule has 2 aromatic rings. The van der Waals surface area contributed by atoms with Crippen molar-refractivity contribution in [2.45, 2.75) is 13.0 Å². The zero-order valence-electron chi connectivity index (χ0n) is 11.6. The largest absolute Gasteiger partial charge is 0.497 e. The van der Waals surface area contributed by atoms with Crippen LogP contribution in [-0.4, -0.2) is 19.0 Å². The van der Waals surface area contributed by atoms with Gasteiger partial charge >= 0.3 is 0 Å². The van der Waals surface area contributed by atoms with E-state index in [1.807, 2.05) is 0 Å². The Hall–Kier alpha value is -1.71. The van der Waals surface area contributed by atoms with Gasteiger partial charge in [-0.25, -0.2) is 0 Å². The molecule has 0 aliphatic carbocycles. The van der Waals surface area contributed by atoms with Gasteiger partial charge in [0.25, 0.3) is 0 Å². The second-order valence-electron chi connectivity index (χ2n) is 4.43. The number of methoxy groups -OCH3 is 1. The summed E-state index contributed by atoms with van der Waals surface area (Å²) in [6.45, 7) is 1.69. The third-order valence-electron chi connectivity index (χ3n) is 2.95. The molecule has 0 heterocycles. The molecular formula is C16H14Cl2O3. The molecule has 0 fully saturated rings. The quantitative estimate of drug-likeness (QED) is 0.751. The van der Waals surface area contributed by atoms with Crippen LogP contribution in [0.1, 0.15) is 17.3 Å². The number of Topliss-reactive ketones (excluding diaryl/α,β-unsaturated/α-hetero) is 1. The minimum atomic E-state index is -0.629. The van der Waals surface area contributed by atoms with E-state index in [2.05, 4.69) is 0 Å². The van der Waals surface area contributed by atoms with Gasteiger partial charge < -0.3 is 9.47 Å². The van der Waals surface area contributed by atoms with Crippen LogP contribution >= 0.6 is 23.2 Å². The summed E-state index contributed by atoms with van der Waals surface area (Å²) >= 11 is 11.8. The molecule has 0 aliphatic heterocycles. The predicted octanol–water partition coefficient (Wildman–Crippen LogP) is 4.65. The van der Waals surface area contributed by atoms with Gasteiger partial charge in [-0.3, -0.25) is 4.79 Å². The summed E-state index contributed by atoms with van der Waals surface area (Å²) in [4.78, 5) is 12.3. The van der Waals surface area contributed by atoms with Crippen LogP contribution < -0.4 is 9.47 Å². The van der Waals surface area contributed by atoms with Crippen LogP contribution in [-0.2, 0) is 0 Å². The van der Waals surface area contributed by atoms with Crippen LogP contribution in [0, 0.1) is 0 Å². The molecule has 110 valence electrons. The first kappa shape index (κ1) is 15.7. The monoisotopic (exact) mass is 324 g/mol. The molecule has 0 saturated heterocycles. The smallest absolute Gasteiger partial charge is 0.202 e. The molecule has 0 saturated carbocycles. The average molecular weight is 325 g/mol. The highest BCUT2D eigenvalue weighted by Gasteiger charge is 2.17. The van der Waals surface area contributed by atoms with Crippen LogP contribution in [0.4, 0.5) is 0 Å². The van der Waals surface area contributed by atoms with E-state index in [1.165, 1.54) is 0 Å². The van der Waals surface area contributed by atoms with E-state index in [0.717, 1.165) is 0 Å². The Bertz CT molecular complexity index is 638. The molecule has 1 unspecified atom stereocenters. The van der Waals surface area contributed by atoms with Crippen molar-refractivity contribution in [3.63, 3.8) is 0 Å². The number of hydrogen-bond donors (Lipinski definition) is 0. The van der Waals surface area contributed by atoms with Crippen molar-refractivity contribution in [2.75, 3.05) is 7.11 Å². The first-order valence-electron chi connectivity index (χ1n) is 6.31. The molecule has 0 aromatic heterocycles. The van der Waals surface area contributed by atoms with Gasteiger partial charge in [0.15, 0.2) is 6.10 Å². The van der Waals surface area contributed by atoms with E-state index in [4.69, 9.17) is 32.7 Å². The number of rotatable bonds is 5.